The number of hydrogen-bond acceptors (Lipinski definition) is 4. The van der Waals surface area contributed by atoms with Gasteiger partial charge in [-0.2, -0.15) is 4.02 Å². The summed E-state index contributed by atoms with van der Waals surface area (Å²) in [6, 6.07) is 11.3. The smallest absolute Gasteiger partial charge is 0.253 e. The summed E-state index contributed by atoms with van der Waals surface area (Å²) >= 11 is 3.28. The third-order valence-corrected chi connectivity index (χ3v) is 7.12. The van der Waals surface area contributed by atoms with E-state index in [9.17, 15) is 14.7 Å². The van der Waals surface area contributed by atoms with Crippen molar-refractivity contribution < 1.29 is 14.7 Å². The molecule has 36 heavy (non-hydrogen) atoms. The Labute approximate surface area is 223 Å². The molecule has 0 bridgehead atoms. The molecule has 6 nitrogen and oxygen atoms in total. The lowest BCUT2D eigenvalue weighted by atomic mass is 9.78. The minimum atomic E-state index is -0.304. The fourth-order valence-corrected chi connectivity index (χ4v) is 5.13. The Hall–Kier alpha value is -2.67. The molecule has 0 saturated carbocycles. The second kappa shape index (κ2) is 10.4. The summed E-state index contributed by atoms with van der Waals surface area (Å²) in [5.74, 6) is 1.07. The number of hydrogen-bond donors (Lipinski definition) is 1. The summed E-state index contributed by atoms with van der Waals surface area (Å²) in [7, 11) is 3.47. The first kappa shape index (κ1) is 27.9. The standard InChI is InChI=1S/C29H38BrN3O3/c1-28(2,3)22-15-20(16-23(25(22)35)29(4,5)6)24(34)17-33-14-13-21(26(33)31-30)18-9-11-19(12-10-18)27(36)32(7)8/h9-12,15-16,21,35H,13-14,17H2,1-8H3/b31-26-/t21-/m0/s1. The van der Waals surface area contributed by atoms with Gasteiger partial charge in [0, 0.05) is 48.8 Å². The number of rotatable bonds is 5. The van der Waals surface area contributed by atoms with Crippen LogP contribution in [0.1, 0.15) is 91.3 Å². The number of ketones is 1. The SMILES string of the molecule is CN(C)C(=O)c1ccc([C@@H]2CCN(CC(=O)c3cc(C(C)(C)C)c(O)c(C(C)(C)C)c3)/C2=N\Br)cc1. The van der Waals surface area contributed by atoms with Crippen LogP contribution in [0.5, 0.6) is 5.75 Å². The fourth-order valence-electron chi connectivity index (χ4n) is 4.66. The number of benzene rings is 2. The van der Waals surface area contributed by atoms with Gasteiger partial charge in [0.05, 0.1) is 22.7 Å². The molecule has 0 spiro atoms. The topological polar surface area (TPSA) is 73.2 Å². The maximum Gasteiger partial charge on any atom is 0.253 e. The second-order valence-corrected chi connectivity index (χ2v) is 12.2. The number of amides is 1. The maximum absolute atomic E-state index is 13.5. The lowest BCUT2D eigenvalue weighted by Crippen LogP contribution is -2.32. The van der Waals surface area contributed by atoms with Gasteiger partial charge in [-0.1, -0.05) is 53.7 Å². The van der Waals surface area contributed by atoms with E-state index in [0.717, 1.165) is 28.9 Å². The highest BCUT2D eigenvalue weighted by atomic mass is 79.9. The molecule has 2 aromatic carbocycles. The molecule has 0 aromatic heterocycles. The molecule has 0 unspecified atom stereocenters. The van der Waals surface area contributed by atoms with Crippen molar-refractivity contribution in [3.63, 3.8) is 0 Å². The van der Waals surface area contributed by atoms with E-state index in [0.29, 0.717) is 17.7 Å². The van der Waals surface area contributed by atoms with Crippen molar-refractivity contribution in [2.24, 2.45) is 4.02 Å². The molecule has 0 radical (unpaired) electrons. The number of amidine groups is 1. The number of phenols is 1. The third-order valence-electron chi connectivity index (χ3n) is 6.76. The molecular formula is C29H38BrN3O3. The van der Waals surface area contributed by atoms with Crippen molar-refractivity contribution in [1.82, 2.24) is 9.80 Å². The fraction of sp³-hybridized carbons (Fsp3) is 0.483. The van der Waals surface area contributed by atoms with E-state index in [2.05, 4.69) is 20.2 Å². The Morgan fingerprint density at radius 3 is 1.97 bits per heavy atom. The van der Waals surface area contributed by atoms with E-state index >= 15 is 0 Å². The number of carbonyl (C=O) groups excluding carboxylic acids is 2. The first-order valence-corrected chi connectivity index (χ1v) is 13.0. The van der Waals surface area contributed by atoms with Crippen LogP contribution in [0.15, 0.2) is 40.4 Å². The predicted octanol–water partition coefficient (Wildman–Crippen LogP) is 6.07. The average molecular weight is 557 g/mol. The lowest BCUT2D eigenvalue weighted by Gasteiger charge is -2.28. The minimum Gasteiger partial charge on any atom is -0.507 e. The van der Waals surface area contributed by atoms with Crippen LogP contribution in [0.4, 0.5) is 0 Å². The van der Waals surface area contributed by atoms with E-state index < -0.39 is 0 Å². The average Bonchev–Trinajstić information content (AvgIpc) is 3.19. The Bertz CT molecular complexity index is 1140. The molecule has 7 heteroatoms. The van der Waals surface area contributed by atoms with Gasteiger partial charge in [-0.05, 0) is 47.1 Å². The first-order valence-electron chi connectivity index (χ1n) is 12.3. The highest BCUT2D eigenvalue weighted by Gasteiger charge is 2.33. The third kappa shape index (κ3) is 5.83. The lowest BCUT2D eigenvalue weighted by molar-refractivity contribution is 0.0827. The molecule has 2 aromatic rings. The van der Waals surface area contributed by atoms with E-state index in [1.807, 2.05) is 82.8 Å². The van der Waals surface area contributed by atoms with Gasteiger partial charge in [0.2, 0.25) is 0 Å². The second-order valence-electron chi connectivity index (χ2n) is 11.9. The molecule has 3 rings (SSSR count). The van der Waals surface area contributed by atoms with Gasteiger partial charge in [-0.3, -0.25) is 9.59 Å². The Kier molecular flexibility index (Phi) is 8.04. The van der Waals surface area contributed by atoms with E-state index in [1.54, 1.807) is 19.0 Å². The van der Waals surface area contributed by atoms with E-state index in [1.165, 1.54) is 0 Å². The van der Waals surface area contributed by atoms with Crippen LogP contribution in [-0.4, -0.2) is 59.6 Å². The number of aromatic hydroxyl groups is 1. The normalized spacial score (nSPS) is 17.5. The summed E-state index contributed by atoms with van der Waals surface area (Å²) < 4.78 is 4.37. The Balaban J connectivity index is 1.86. The largest absolute Gasteiger partial charge is 0.507 e. The summed E-state index contributed by atoms with van der Waals surface area (Å²) in [5, 5.41) is 11.0. The predicted molar refractivity (Wildman–Crippen MR) is 150 cm³/mol. The monoisotopic (exact) mass is 555 g/mol. The molecular weight excluding hydrogens is 518 g/mol. The number of phenolic OH excluding ortho intramolecular Hbond substituents is 1. The summed E-state index contributed by atoms with van der Waals surface area (Å²) in [6.07, 6.45) is 0.828. The van der Waals surface area contributed by atoms with Crippen LogP contribution in [0, 0.1) is 0 Å². The number of Topliss-reactive ketones (excluding diaryl/α,β-unsaturated/α-hetero) is 1. The van der Waals surface area contributed by atoms with Crippen LogP contribution in [0.25, 0.3) is 0 Å². The molecule has 1 saturated heterocycles. The molecule has 194 valence electrons. The van der Waals surface area contributed by atoms with Gasteiger partial charge >= 0.3 is 0 Å². The van der Waals surface area contributed by atoms with E-state index in [-0.39, 0.29) is 40.7 Å². The first-order chi connectivity index (χ1) is 16.6. The molecule has 1 fully saturated rings. The van der Waals surface area contributed by atoms with Crippen LogP contribution in [0.3, 0.4) is 0 Å². The van der Waals surface area contributed by atoms with Crippen molar-refractivity contribution in [3.05, 3.63) is 64.2 Å². The van der Waals surface area contributed by atoms with Gasteiger partial charge in [-0.15, -0.1) is 0 Å². The Morgan fingerprint density at radius 2 is 1.53 bits per heavy atom. The molecule has 1 aliphatic heterocycles. The van der Waals surface area contributed by atoms with Crippen molar-refractivity contribution in [3.8, 4) is 5.75 Å². The molecule has 1 heterocycles. The summed E-state index contributed by atoms with van der Waals surface area (Å²) in [4.78, 5) is 29.3. The quantitative estimate of drug-likeness (QED) is 0.454. The molecule has 0 aliphatic carbocycles. The van der Waals surface area contributed by atoms with Crippen LogP contribution in [0.2, 0.25) is 0 Å². The van der Waals surface area contributed by atoms with Gasteiger partial charge in [0.15, 0.2) is 5.78 Å². The van der Waals surface area contributed by atoms with Gasteiger partial charge in [-0.25, -0.2) is 0 Å². The van der Waals surface area contributed by atoms with Crippen molar-refractivity contribution >= 4 is 33.7 Å². The summed E-state index contributed by atoms with van der Waals surface area (Å²) in [5.41, 5.74) is 3.25. The van der Waals surface area contributed by atoms with Crippen molar-refractivity contribution in [1.29, 1.82) is 0 Å². The van der Waals surface area contributed by atoms with Gasteiger partial charge in [0.1, 0.15) is 11.6 Å². The van der Waals surface area contributed by atoms with Crippen molar-refractivity contribution in [2.75, 3.05) is 27.2 Å². The van der Waals surface area contributed by atoms with Crippen LogP contribution < -0.4 is 0 Å². The molecule has 1 amide bonds. The number of likely N-dealkylation sites (tertiary alicyclic amines) is 1. The number of nitrogens with zero attached hydrogens (tertiary/aromatic N) is 3. The molecule has 1 N–H and O–H groups in total. The van der Waals surface area contributed by atoms with Gasteiger partial charge in [0.25, 0.3) is 5.91 Å². The zero-order valence-corrected chi connectivity index (χ0v) is 24.2. The number of carbonyl (C=O) groups is 2. The number of halogens is 1. The highest BCUT2D eigenvalue weighted by molar-refractivity contribution is 9.08. The molecule has 1 atom stereocenters. The Morgan fingerprint density at radius 1 is 1.00 bits per heavy atom. The zero-order valence-electron chi connectivity index (χ0n) is 22.6. The van der Waals surface area contributed by atoms with Crippen LogP contribution >= 0.6 is 16.1 Å². The molecule has 1 aliphatic rings. The van der Waals surface area contributed by atoms with Crippen molar-refractivity contribution in [2.45, 2.75) is 64.7 Å². The maximum atomic E-state index is 13.5. The van der Waals surface area contributed by atoms with Gasteiger partial charge < -0.3 is 14.9 Å². The summed E-state index contributed by atoms with van der Waals surface area (Å²) in [6.45, 7) is 13.2. The minimum absolute atomic E-state index is 0.00720. The highest BCUT2D eigenvalue weighted by Crippen LogP contribution is 2.40. The zero-order chi connectivity index (χ0) is 27.0. The van der Waals surface area contributed by atoms with E-state index in [4.69, 9.17) is 0 Å². The van der Waals surface area contributed by atoms with Crippen LogP contribution in [-0.2, 0) is 10.8 Å².